The first-order valence-electron chi connectivity index (χ1n) is 11.2. The van der Waals surface area contributed by atoms with E-state index in [0.717, 1.165) is 38.5 Å². The van der Waals surface area contributed by atoms with Crippen molar-refractivity contribution in [2.24, 2.45) is 11.8 Å². The fourth-order valence-electron chi connectivity index (χ4n) is 4.48. The number of nitrogens with zero attached hydrogens (tertiary/aromatic N) is 1. The monoisotopic (exact) mass is 465 g/mol. The summed E-state index contributed by atoms with van der Waals surface area (Å²) in [7, 11) is -3.67. The third-order valence-electron chi connectivity index (χ3n) is 6.66. The third-order valence-corrected chi connectivity index (χ3v) is 9.44. The molecule has 2 fully saturated rings. The van der Waals surface area contributed by atoms with Crippen LogP contribution in [-0.4, -0.2) is 49.5 Å². The van der Waals surface area contributed by atoms with Crippen molar-refractivity contribution in [1.29, 1.82) is 0 Å². The number of hydrogen-bond acceptors (Lipinski definition) is 5. The van der Waals surface area contributed by atoms with E-state index in [1.165, 1.54) is 17.8 Å². The first-order valence-corrected chi connectivity index (χ1v) is 13.5. The van der Waals surface area contributed by atoms with Gasteiger partial charge >= 0.3 is 0 Å². The normalized spacial score (nSPS) is 27.5. The van der Waals surface area contributed by atoms with Crippen LogP contribution in [0.5, 0.6) is 0 Å². The molecule has 0 unspecified atom stereocenters. The molecule has 0 spiro atoms. The summed E-state index contributed by atoms with van der Waals surface area (Å²) in [5.74, 6) is 0.694. The van der Waals surface area contributed by atoms with Gasteiger partial charge in [-0.3, -0.25) is 9.59 Å². The number of amides is 2. The molecule has 0 bridgehead atoms. The predicted molar refractivity (Wildman–Crippen MR) is 121 cm³/mol. The number of anilines is 1. The largest absolute Gasteiger partial charge is 0.341 e. The van der Waals surface area contributed by atoms with Gasteiger partial charge in [-0.25, -0.2) is 13.1 Å². The standard InChI is InChI=1S/C22H31N3O4S2/c1-14-3-5-16(6-4-14)24-31(28,29)17-7-8-19-18(13-17)23-21(26)20(30-19)22(27)25-11-9-15(2)10-12-25/h7-8,13-16,20,24H,3-6,9-12H2,1-2H3,(H,23,26)/t14?,16?,20-/m1/s1. The number of likely N-dealkylation sites (tertiary alicyclic amines) is 1. The molecule has 9 heteroatoms. The quantitative estimate of drug-likeness (QED) is 0.666. The van der Waals surface area contributed by atoms with Crippen molar-refractivity contribution in [3.63, 3.8) is 0 Å². The van der Waals surface area contributed by atoms with Crippen LogP contribution < -0.4 is 10.0 Å². The van der Waals surface area contributed by atoms with Crippen molar-refractivity contribution in [1.82, 2.24) is 9.62 Å². The van der Waals surface area contributed by atoms with Gasteiger partial charge in [0, 0.05) is 24.0 Å². The molecular weight excluding hydrogens is 434 g/mol. The molecule has 7 nitrogen and oxygen atoms in total. The number of fused-ring (bicyclic) bond motifs is 1. The van der Waals surface area contributed by atoms with E-state index >= 15 is 0 Å². The predicted octanol–water partition coefficient (Wildman–Crippen LogP) is 3.21. The molecule has 1 aliphatic carbocycles. The number of thioether (sulfide) groups is 1. The molecule has 1 saturated heterocycles. The topological polar surface area (TPSA) is 95.6 Å². The Kier molecular flexibility index (Phi) is 6.65. The number of nitrogens with one attached hydrogen (secondary N) is 2. The molecule has 0 aromatic heterocycles. The zero-order valence-corrected chi connectivity index (χ0v) is 19.7. The molecule has 4 rings (SSSR count). The van der Waals surface area contributed by atoms with Gasteiger partial charge in [-0.15, -0.1) is 11.8 Å². The first kappa shape index (κ1) is 22.6. The van der Waals surface area contributed by atoms with Gasteiger partial charge < -0.3 is 10.2 Å². The molecule has 1 saturated carbocycles. The van der Waals surface area contributed by atoms with Gasteiger partial charge in [0.15, 0.2) is 5.25 Å². The Morgan fingerprint density at radius 3 is 2.39 bits per heavy atom. The summed E-state index contributed by atoms with van der Waals surface area (Å²) in [6, 6.07) is 4.70. The minimum atomic E-state index is -3.67. The smallest absolute Gasteiger partial charge is 0.247 e. The molecule has 2 aliphatic heterocycles. The molecule has 2 N–H and O–H groups in total. The molecule has 3 aliphatic rings. The van der Waals surface area contributed by atoms with Crippen molar-refractivity contribution in [3.05, 3.63) is 18.2 Å². The van der Waals surface area contributed by atoms with Gasteiger partial charge in [-0.2, -0.15) is 0 Å². The summed E-state index contributed by atoms with van der Waals surface area (Å²) in [5, 5.41) is 1.93. The fourth-order valence-corrected chi connectivity index (χ4v) is 6.86. The molecule has 2 heterocycles. The van der Waals surface area contributed by atoms with Gasteiger partial charge in [0.25, 0.3) is 0 Å². The van der Waals surface area contributed by atoms with E-state index in [0.29, 0.717) is 35.5 Å². The highest BCUT2D eigenvalue weighted by molar-refractivity contribution is 8.01. The van der Waals surface area contributed by atoms with Crippen LogP contribution in [-0.2, 0) is 19.6 Å². The van der Waals surface area contributed by atoms with Crippen LogP contribution in [0.2, 0.25) is 0 Å². The van der Waals surface area contributed by atoms with E-state index in [1.807, 2.05) is 0 Å². The molecule has 170 valence electrons. The summed E-state index contributed by atoms with van der Waals surface area (Å²) in [5.41, 5.74) is 0.450. The Morgan fingerprint density at radius 1 is 1.06 bits per heavy atom. The Morgan fingerprint density at radius 2 is 1.71 bits per heavy atom. The highest BCUT2D eigenvalue weighted by Crippen LogP contribution is 2.38. The fraction of sp³-hybridized carbons (Fsp3) is 0.636. The van der Waals surface area contributed by atoms with Gasteiger partial charge in [-0.1, -0.05) is 13.8 Å². The van der Waals surface area contributed by atoms with E-state index in [2.05, 4.69) is 23.9 Å². The third kappa shape index (κ3) is 5.09. The number of benzene rings is 1. The zero-order valence-electron chi connectivity index (χ0n) is 18.1. The Labute approximate surface area is 188 Å². The Balaban J connectivity index is 1.46. The average Bonchev–Trinajstić information content (AvgIpc) is 2.74. The number of piperidine rings is 1. The van der Waals surface area contributed by atoms with Crippen LogP contribution in [0.3, 0.4) is 0 Å². The highest BCUT2D eigenvalue weighted by atomic mass is 32.2. The van der Waals surface area contributed by atoms with Crippen LogP contribution in [0.4, 0.5) is 5.69 Å². The SMILES string of the molecule is CC1CCC(NS(=O)(=O)c2ccc3c(c2)NC(=O)[C@H](C(=O)N2CCC(C)CC2)S3)CC1. The highest BCUT2D eigenvalue weighted by Gasteiger charge is 2.37. The lowest BCUT2D eigenvalue weighted by Gasteiger charge is -2.33. The van der Waals surface area contributed by atoms with Crippen molar-refractivity contribution in [2.45, 2.75) is 73.5 Å². The van der Waals surface area contributed by atoms with Crippen molar-refractivity contribution >= 4 is 39.3 Å². The minimum Gasteiger partial charge on any atom is -0.341 e. The second-order valence-electron chi connectivity index (χ2n) is 9.23. The minimum absolute atomic E-state index is 0.0459. The average molecular weight is 466 g/mol. The van der Waals surface area contributed by atoms with Crippen LogP contribution in [0, 0.1) is 11.8 Å². The number of carbonyl (C=O) groups is 2. The first-order chi connectivity index (χ1) is 14.7. The van der Waals surface area contributed by atoms with Crippen molar-refractivity contribution < 1.29 is 18.0 Å². The van der Waals surface area contributed by atoms with Crippen LogP contribution in [0.15, 0.2) is 28.0 Å². The summed E-state index contributed by atoms with van der Waals surface area (Å²) in [4.78, 5) is 28.2. The van der Waals surface area contributed by atoms with Gasteiger partial charge in [-0.05, 0) is 68.6 Å². The lowest BCUT2D eigenvalue weighted by Crippen LogP contribution is -2.47. The maximum absolute atomic E-state index is 12.9. The van der Waals surface area contributed by atoms with Crippen LogP contribution >= 0.6 is 11.8 Å². The van der Waals surface area contributed by atoms with E-state index in [4.69, 9.17) is 0 Å². The van der Waals surface area contributed by atoms with Crippen molar-refractivity contribution in [3.8, 4) is 0 Å². The molecule has 1 aromatic rings. The Bertz CT molecular complexity index is 950. The van der Waals surface area contributed by atoms with E-state index in [-0.39, 0.29) is 22.8 Å². The van der Waals surface area contributed by atoms with Gasteiger partial charge in [0.1, 0.15) is 0 Å². The molecule has 1 aromatic carbocycles. The number of sulfonamides is 1. The maximum atomic E-state index is 12.9. The summed E-state index contributed by atoms with van der Waals surface area (Å²) >= 11 is 1.20. The van der Waals surface area contributed by atoms with E-state index in [9.17, 15) is 18.0 Å². The maximum Gasteiger partial charge on any atom is 0.247 e. The summed E-state index contributed by atoms with van der Waals surface area (Å²) in [6.07, 6.45) is 5.64. The molecular formula is C22H31N3O4S2. The Hall–Kier alpha value is -1.58. The molecule has 1 atom stereocenters. The van der Waals surface area contributed by atoms with E-state index in [1.54, 1.807) is 17.0 Å². The summed E-state index contributed by atoms with van der Waals surface area (Å²) in [6.45, 7) is 5.73. The lowest BCUT2D eigenvalue weighted by molar-refractivity contribution is -0.135. The second kappa shape index (κ2) is 9.11. The molecule has 2 amide bonds. The van der Waals surface area contributed by atoms with Crippen LogP contribution in [0.25, 0.3) is 0 Å². The van der Waals surface area contributed by atoms with Gasteiger partial charge in [0.05, 0.1) is 10.6 Å². The number of hydrogen-bond donors (Lipinski definition) is 2. The number of rotatable bonds is 4. The molecule has 31 heavy (non-hydrogen) atoms. The van der Waals surface area contributed by atoms with Crippen LogP contribution in [0.1, 0.15) is 52.4 Å². The molecule has 0 radical (unpaired) electrons. The second-order valence-corrected chi connectivity index (χ2v) is 12.1. The van der Waals surface area contributed by atoms with E-state index < -0.39 is 15.3 Å². The van der Waals surface area contributed by atoms with Crippen molar-refractivity contribution in [2.75, 3.05) is 18.4 Å². The summed E-state index contributed by atoms with van der Waals surface area (Å²) < 4.78 is 28.5. The zero-order chi connectivity index (χ0) is 22.2. The lowest BCUT2D eigenvalue weighted by atomic mass is 9.88. The van der Waals surface area contributed by atoms with Gasteiger partial charge in [0.2, 0.25) is 21.8 Å². The number of carbonyl (C=O) groups excluding carboxylic acids is 2.